The van der Waals surface area contributed by atoms with Gasteiger partial charge in [-0.1, -0.05) is 0 Å². The Morgan fingerprint density at radius 3 is 2.55 bits per heavy atom. The van der Waals surface area contributed by atoms with E-state index in [0.717, 1.165) is 69.6 Å². The second kappa shape index (κ2) is 11.4. The van der Waals surface area contributed by atoms with Crippen LogP contribution in [-0.2, 0) is 4.74 Å². The molecule has 0 radical (unpaired) electrons. The normalized spacial score (nSPS) is 19.4. The van der Waals surface area contributed by atoms with Crippen LogP contribution < -0.4 is 26.6 Å². The Bertz CT molecular complexity index is 1480. The highest BCUT2D eigenvalue weighted by Gasteiger charge is 2.22. The third-order valence-electron chi connectivity index (χ3n) is 7.37. The summed E-state index contributed by atoms with van der Waals surface area (Å²) in [5.74, 6) is -0.562. The van der Waals surface area contributed by atoms with Crippen LogP contribution in [-0.4, -0.2) is 63.9 Å². The molecule has 3 aromatic heterocycles. The van der Waals surface area contributed by atoms with Gasteiger partial charge in [-0.2, -0.15) is 0 Å². The van der Waals surface area contributed by atoms with E-state index < -0.39 is 11.7 Å². The van der Waals surface area contributed by atoms with Crippen molar-refractivity contribution in [2.45, 2.75) is 37.8 Å². The van der Waals surface area contributed by atoms with Crippen molar-refractivity contribution in [2.24, 2.45) is 5.73 Å². The Morgan fingerprint density at radius 1 is 1.02 bits per heavy atom. The van der Waals surface area contributed by atoms with Crippen LogP contribution >= 0.6 is 0 Å². The number of morpholine rings is 1. The molecule has 4 heterocycles. The minimum absolute atomic E-state index is 0.0291. The fraction of sp³-hybridized carbons (Fsp3) is 0.357. The molecule has 0 spiro atoms. The molecule has 0 atom stereocenters. The van der Waals surface area contributed by atoms with Crippen molar-refractivity contribution in [3.63, 3.8) is 0 Å². The molecule has 6 rings (SSSR count). The maximum atomic E-state index is 14.2. The first-order valence-electron chi connectivity index (χ1n) is 13.5. The Kier molecular flexibility index (Phi) is 7.43. The van der Waals surface area contributed by atoms with Crippen molar-refractivity contribution in [3.8, 4) is 0 Å². The fourth-order valence-electron chi connectivity index (χ4n) is 5.15. The zero-order chi connectivity index (χ0) is 27.5. The van der Waals surface area contributed by atoms with E-state index in [2.05, 4.69) is 43.0 Å². The van der Waals surface area contributed by atoms with Crippen LogP contribution in [0.2, 0.25) is 0 Å². The molecule has 5 N–H and O–H groups in total. The lowest BCUT2D eigenvalue weighted by Crippen LogP contribution is -2.36. The average Bonchev–Trinajstić information content (AvgIpc) is 3.41. The highest BCUT2D eigenvalue weighted by Crippen LogP contribution is 2.28. The molecule has 11 nitrogen and oxygen atoms in total. The monoisotopic (exact) mass is 545 g/mol. The van der Waals surface area contributed by atoms with Gasteiger partial charge in [-0.25, -0.2) is 13.9 Å². The number of carbonyl (C=O) groups is 1. The van der Waals surface area contributed by atoms with E-state index in [1.54, 1.807) is 0 Å². The highest BCUT2D eigenvalue weighted by molar-refractivity contribution is 6.03. The summed E-state index contributed by atoms with van der Waals surface area (Å²) in [4.78, 5) is 23.7. The molecule has 2 fully saturated rings. The number of hydrogen-bond donors (Lipinski definition) is 4. The van der Waals surface area contributed by atoms with Crippen molar-refractivity contribution in [3.05, 3.63) is 66.5 Å². The number of anilines is 5. The minimum Gasteiger partial charge on any atom is -0.378 e. The van der Waals surface area contributed by atoms with E-state index in [9.17, 15) is 9.18 Å². The molecular formula is C28H32FN9O2. The van der Waals surface area contributed by atoms with Crippen molar-refractivity contribution >= 4 is 40.1 Å². The number of imidazole rings is 1. The molecule has 12 heteroatoms. The van der Waals surface area contributed by atoms with Crippen molar-refractivity contribution in [1.82, 2.24) is 19.6 Å². The van der Waals surface area contributed by atoms with Crippen LogP contribution in [0.15, 0.2) is 55.0 Å². The zero-order valence-electron chi connectivity index (χ0n) is 22.0. The third kappa shape index (κ3) is 5.68. The molecule has 1 aromatic carbocycles. The number of amides is 1. The second-order valence-corrected chi connectivity index (χ2v) is 10.2. The van der Waals surface area contributed by atoms with E-state index in [1.165, 1.54) is 23.0 Å². The Morgan fingerprint density at radius 2 is 1.80 bits per heavy atom. The van der Waals surface area contributed by atoms with Crippen LogP contribution in [0.1, 0.15) is 36.2 Å². The summed E-state index contributed by atoms with van der Waals surface area (Å²) >= 11 is 0. The number of nitrogens with one attached hydrogen (secondary N) is 3. The SMILES string of the molecule is NC1CCC(Nc2cc(Nc3ccc(N4CCOCC4)cc3)c3ncc(C(=O)Nc4ccncc4F)n3n2)CC1. The van der Waals surface area contributed by atoms with Gasteiger partial charge >= 0.3 is 0 Å². The van der Waals surface area contributed by atoms with Crippen LogP contribution in [0.25, 0.3) is 5.65 Å². The molecule has 1 saturated heterocycles. The number of aromatic nitrogens is 4. The fourth-order valence-corrected chi connectivity index (χ4v) is 5.15. The molecule has 0 bridgehead atoms. The predicted octanol–water partition coefficient (Wildman–Crippen LogP) is 3.78. The standard InChI is InChI=1S/C28H32FN9O2/c29-22-16-31-10-9-23(22)35-28(39)25-17-32-27-24(15-26(36-38(25)27)34-20-3-1-18(30)2-4-20)33-19-5-7-21(8-6-19)37-11-13-40-14-12-37/h5-10,15-18,20,33H,1-4,11-14,30H2,(H,34,36)(H,31,35,39). The number of carbonyl (C=O) groups excluding carboxylic acids is 1. The summed E-state index contributed by atoms with van der Waals surface area (Å²) in [5, 5.41) is 14.3. The molecule has 4 aromatic rings. The van der Waals surface area contributed by atoms with Crippen LogP contribution in [0, 0.1) is 5.82 Å². The maximum absolute atomic E-state index is 14.2. The summed E-state index contributed by atoms with van der Waals surface area (Å²) in [5.41, 5.74) is 9.45. The van der Waals surface area contributed by atoms with Crippen molar-refractivity contribution in [1.29, 1.82) is 0 Å². The quantitative estimate of drug-likeness (QED) is 0.274. The van der Waals surface area contributed by atoms with Gasteiger partial charge in [0, 0.05) is 48.8 Å². The van der Waals surface area contributed by atoms with Gasteiger partial charge in [0.2, 0.25) is 0 Å². The van der Waals surface area contributed by atoms with Gasteiger partial charge in [0.15, 0.2) is 17.2 Å². The molecule has 1 saturated carbocycles. The lowest BCUT2D eigenvalue weighted by molar-refractivity contribution is 0.102. The zero-order valence-corrected chi connectivity index (χ0v) is 22.0. The lowest BCUT2D eigenvalue weighted by atomic mass is 9.92. The van der Waals surface area contributed by atoms with E-state index in [4.69, 9.17) is 15.6 Å². The van der Waals surface area contributed by atoms with E-state index in [0.29, 0.717) is 17.2 Å². The number of hydrogen-bond acceptors (Lipinski definition) is 9. The summed E-state index contributed by atoms with van der Waals surface area (Å²) in [7, 11) is 0. The summed E-state index contributed by atoms with van der Waals surface area (Å²) < 4.78 is 21.1. The molecule has 1 aliphatic carbocycles. The van der Waals surface area contributed by atoms with Gasteiger partial charge in [0.1, 0.15) is 5.82 Å². The maximum Gasteiger partial charge on any atom is 0.276 e. The first-order chi connectivity index (χ1) is 19.5. The average molecular weight is 546 g/mol. The van der Waals surface area contributed by atoms with E-state index in [-0.39, 0.29) is 23.5 Å². The first-order valence-corrected chi connectivity index (χ1v) is 13.5. The number of pyridine rings is 1. The molecular weight excluding hydrogens is 513 g/mol. The summed E-state index contributed by atoms with van der Waals surface area (Å²) in [6.45, 7) is 3.17. The molecule has 1 amide bonds. The van der Waals surface area contributed by atoms with Gasteiger partial charge in [-0.05, 0) is 56.0 Å². The molecule has 1 aliphatic heterocycles. The number of benzene rings is 1. The largest absolute Gasteiger partial charge is 0.378 e. The number of halogens is 1. The van der Waals surface area contributed by atoms with Crippen LogP contribution in [0.5, 0.6) is 0 Å². The van der Waals surface area contributed by atoms with Gasteiger partial charge in [0.05, 0.1) is 37.0 Å². The third-order valence-corrected chi connectivity index (χ3v) is 7.37. The predicted molar refractivity (Wildman–Crippen MR) is 152 cm³/mol. The number of nitrogens with zero attached hydrogens (tertiary/aromatic N) is 5. The molecule has 2 aliphatic rings. The van der Waals surface area contributed by atoms with Gasteiger partial charge in [0.25, 0.3) is 5.91 Å². The molecule has 0 unspecified atom stereocenters. The summed E-state index contributed by atoms with van der Waals surface area (Å²) in [6, 6.07) is 11.9. The van der Waals surface area contributed by atoms with Gasteiger partial charge in [-0.15, -0.1) is 5.10 Å². The minimum atomic E-state index is -0.627. The molecule has 40 heavy (non-hydrogen) atoms. The lowest BCUT2D eigenvalue weighted by Gasteiger charge is -2.29. The Balaban J connectivity index is 1.30. The van der Waals surface area contributed by atoms with Crippen LogP contribution in [0.3, 0.4) is 0 Å². The number of rotatable bonds is 7. The van der Waals surface area contributed by atoms with Crippen LogP contribution in [0.4, 0.5) is 33.0 Å². The number of ether oxygens (including phenoxy) is 1. The van der Waals surface area contributed by atoms with E-state index in [1.807, 2.05) is 18.2 Å². The number of nitrogens with two attached hydrogens (primary N) is 1. The highest BCUT2D eigenvalue weighted by atomic mass is 19.1. The van der Waals surface area contributed by atoms with Gasteiger partial charge in [-0.3, -0.25) is 9.78 Å². The summed E-state index contributed by atoms with van der Waals surface area (Å²) in [6.07, 6.45) is 7.65. The Labute approximate surface area is 230 Å². The molecule has 208 valence electrons. The van der Waals surface area contributed by atoms with Gasteiger partial charge < -0.3 is 31.3 Å². The van der Waals surface area contributed by atoms with E-state index >= 15 is 0 Å². The van der Waals surface area contributed by atoms with Crippen molar-refractivity contribution < 1.29 is 13.9 Å². The Hall–Kier alpha value is -4.29. The second-order valence-electron chi connectivity index (χ2n) is 10.2. The smallest absolute Gasteiger partial charge is 0.276 e. The van der Waals surface area contributed by atoms with Crippen molar-refractivity contribution in [2.75, 3.05) is 47.2 Å². The topological polar surface area (TPSA) is 135 Å². The first kappa shape index (κ1) is 26.0. The number of fused-ring (bicyclic) bond motifs is 1.